The molecule has 1 heterocycles. The SMILES string of the molecule is CNC1CCC(c2nc(-c3cc(F)cc(F)c3)no2)CC1. The van der Waals surface area contributed by atoms with E-state index in [-0.39, 0.29) is 11.7 Å². The second-order valence-electron chi connectivity index (χ2n) is 5.45. The molecule has 1 N–H and O–H groups in total. The second kappa shape index (κ2) is 5.89. The molecule has 4 nitrogen and oxygen atoms in total. The molecule has 0 amide bonds. The molecule has 0 saturated heterocycles. The summed E-state index contributed by atoms with van der Waals surface area (Å²) in [4.78, 5) is 4.31. The Morgan fingerprint density at radius 1 is 1.10 bits per heavy atom. The number of halogens is 2. The fourth-order valence-corrected chi connectivity index (χ4v) is 2.83. The zero-order valence-electron chi connectivity index (χ0n) is 11.8. The summed E-state index contributed by atoms with van der Waals surface area (Å²) in [7, 11) is 1.97. The first-order valence-electron chi connectivity index (χ1n) is 7.13. The third kappa shape index (κ3) is 3.10. The largest absolute Gasteiger partial charge is 0.339 e. The van der Waals surface area contributed by atoms with Crippen LogP contribution in [0.5, 0.6) is 0 Å². The molecule has 0 spiro atoms. The Morgan fingerprint density at radius 2 is 1.76 bits per heavy atom. The lowest BCUT2D eigenvalue weighted by Gasteiger charge is -2.25. The first-order chi connectivity index (χ1) is 10.2. The highest BCUT2D eigenvalue weighted by Gasteiger charge is 2.26. The van der Waals surface area contributed by atoms with Gasteiger partial charge in [0.2, 0.25) is 11.7 Å². The Hall–Kier alpha value is -1.82. The maximum absolute atomic E-state index is 13.2. The number of aromatic nitrogens is 2. The van der Waals surface area contributed by atoms with E-state index in [1.54, 1.807) is 0 Å². The minimum atomic E-state index is -0.647. The zero-order valence-corrected chi connectivity index (χ0v) is 11.8. The molecule has 3 rings (SSSR count). The molecule has 0 bridgehead atoms. The summed E-state index contributed by atoms with van der Waals surface area (Å²) in [6.45, 7) is 0. The molecule has 6 heteroatoms. The Labute approximate surface area is 121 Å². The van der Waals surface area contributed by atoms with Crippen LogP contribution in [0.2, 0.25) is 0 Å². The van der Waals surface area contributed by atoms with Crippen LogP contribution in [0.1, 0.15) is 37.5 Å². The average molecular weight is 293 g/mol. The number of hydrogen-bond acceptors (Lipinski definition) is 4. The van der Waals surface area contributed by atoms with Crippen LogP contribution in [0.3, 0.4) is 0 Å². The standard InChI is InChI=1S/C15H17F2N3O/c1-18-13-4-2-9(3-5-13)15-19-14(20-21-15)10-6-11(16)8-12(17)7-10/h6-9,13,18H,2-5H2,1H3. The monoisotopic (exact) mass is 293 g/mol. The molecule has 21 heavy (non-hydrogen) atoms. The lowest BCUT2D eigenvalue weighted by molar-refractivity contribution is 0.289. The summed E-state index contributed by atoms with van der Waals surface area (Å²) in [5.74, 6) is -0.269. The van der Waals surface area contributed by atoms with Crippen molar-refractivity contribution in [2.24, 2.45) is 0 Å². The van der Waals surface area contributed by atoms with Gasteiger partial charge in [0.05, 0.1) is 0 Å². The Morgan fingerprint density at radius 3 is 2.38 bits per heavy atom. The third-order valence-electron chi connectivity index (χ3n) is 4.05. The minimum absolute atomic E-state index is 0.231. The molecule has 0 aliphatic heterocycles. The van der Waals surface area contributed by atoms with Gasteiger partial charge in [0.25, 0.3) is 0 Å². The lowest BCUT2D eigenvalue weighted by atomic mass is 9.86. The van der Waals surface area contributed by atoms with E-state index in [4.69, 9.17) is 4.52 Å². The fourth-order valence-electron chi connectivity index (χ4n) is 2.83. The molecule has 1 saturated carbocycles. The van der Waals surface area contributed by atoms with Crippen LogP contribution in [0.15, 0.2) is 22.7 Å². The smallest absolute Gasteiger partial charge is 0.230 e. The van der Waals surface area contributed by atoms with Crippen LogP contribution in [0, 0.1) is 11.6 Å². The number of hydrogen-bond donors (Lipinski definition) is 1. The predicted molar refractivity (Wildman–Crippen MR) is 73.7 cm³/mol. The quantitative estimate of drug-likeness (QED) is 0.943. The van der Waals surface area contributed by atoms with Crippen LogP contribution < -0.4 is 5.32 Å². The molecule has 112 valence electrons. The van der Waals surface area contributed by atoms with E-state index in [1.807, 2.05) is 7.05 Å². The van der Waals surface area contributed by atoms with Gasteiger partial charge in [-0.25, -0.2) is 8.78 Å². The summed E-state index contributed by atoms with van der Waals surface area (Å²) in [5.41, 5.74) is 0.298. The van der Waals surface area contributed by atoms with Crippen molar-refractivity contribution in [1.29, 1.82) is 0 Å². The van der Waals surface area contributed by atoms with Gasteiger partial charge in [-0.3, -0.25) is 0 Å². The van der Waals surface area contributed by atoms with Crippen LogP contribution in [0.4, 0.5) is 8.78 Å². The van der Waals surface area contributed by atoms with Gasteiger partial charge in [0, 0.05) is 23.6 Å². The van der Waals surface area contributed by atoms with Gasteiger partial charge in [-0.1, -0.05) is 5.16 Å². The first-order valence-corrected chi connectivity index (χ1v) is 7.13. The summed E-state index contributed by atoms with van der Waals surface area (Å²) in [5, 5.41) is 7.12. The van der Waals surface area contributed by atoms with Gasteiger partial charge in [0.1, 0.15) is 11.6 Å². The molecule has 0 atom stereocenters. The Balaban J connectivity index is 1.77. The van der Waals surface area contributed by atoms with E-state index in [0.717, 1.165) is 31.7 Å². The number of rotatable bonds is 3. The highest BCUT2D eigenvalue weighted by Crippen LogP contribution is 2.32. The molecule has 1 aromatic carbocycles. The summed E-state index contributed by atoms with van der Waals surface area (Å²) < 4.78 is 31.7. The topological polar surface area (TPSA) is 51.0 Å². The van der Waals surface area contributed by atoms with Crippen molar-refractivity contribution < 1.29 is 13.3 Å². The molecular weight excluding hydrogens is 276 g/mol. The van der Waals surface area contributed by atoms with Gasteiger partial charge in [-0.15, -0.1) is 0 Å². The number of benzene rings is 1. The van der Waals surface area contributed by atoms with Crippen molar-refractivity contribution in [2.45, 2.75) is 37.6 Å². The van der Waals surface area contributed by atoms with E-state index in [2.05, 4.69) is 15.5 Å². The zero-order chi connectivity index (χ0) is 14.8. The molecule has 0 radical (unpaired) electrons. The molecule has 0 unspecified atom stereocenters. The van der Waals surface area contributed by atoms with E-state index in [1.165, 1.54) is 12.1 Å². The summed E-state index contributed by atoms with van der Waals surface area (Å²) in [6.07, 6.45) is 4.08. The summed E-state index contributed by atoms with van der Waals surface area (Å²) >= 11 is 0. The molecule has 1 fully saturated rings. The van der Waals surface area contributed by atoms with E-state index in [0.29, 0.717) is 17.5 Å². The van der Waals surface area contributed by atoms with Crippen LogP contribution in [0.25, 0.3) is 11.4 Å². The van der Waals surface area contributed by atoms with Crippen LogP contribution >= 0.6 is 0 Å². The van der Waals surface area contributed by atoms with Crippen LogP contribution in [-0.4, -0.2) is 23.2 Å². The van der Waals surface area contributed by atoms with Crippen molar-refractivity contribution in [2.75, 3.05) is 7.05 Å². The van der Waals surface area contributed by atoms with Crippen molar-refractivity contribution in [3.05, 3.63) is 35.7 Å². The molecule has 1 aromatic heterocycles. The molecule has 2 aromatic rings. The third-order valence-corrected chi connectivity index (χ3v) is 4.05. The maximum atomic E-state index is 13.2. The van der Waals surface area contributed by atoms with Gasteiger partial charge < -0.3 is 9.84 Å². The van der Waals surface area contributed by atoms with E-state index in [9.17, 15) is 8.78 Å². The normalized spacial score (nSPS) is 22.4. The highest BCUT2D eigenvalue weighted by molar-refractivity contribution is 5.54. The molecule has 1 aliphatic carbocycles. The van der Waals surface area contributed by atoms with Gasteiger partial charge in [-0.05, 0) is 44.9 Å². The minimum Gasteiger partial charge on any atom is -0.339 e. The van der Waals surface area contributed by atoms with Crippen molar-refractivity contribution >= 4 is 0 Å². The van der Waals surface area contributed by atoms with Crippen molar-refractivity contribution in [3.8, 4) is 11.4 Å². The first kappa shape index (κ1) is 14.1. The van der Waals surface area contributed by atoms with Crippen molar-refractivity contribution in [3.63, 3.8) is 0 Å². The van der Waals surface area contributed by atoms with Gasteiger partial charge >= 0.3 is 0 Å². The molecular formula is C15H17F2N3O. The Kier molecular flexibility index (Phi) is 3.96. The second-order valence-corrected chi connectivity index (χ2v) is 5.45. The number of nitrogens with one attached hydrogen (secondary N) is 1. The number of nitrogens with zero attached hydrogens (tertiary/aromatic N) is 2. The van der Waals surface area contributed by atoms with Crippen molar-refractivity contribution in [1.82, 2.24) is 15.5 Å². The van der Waals surface area contributed by atoms with Gasteiger partial charge in [-0.2, -0.15) is 4.98 Å². The maximum Gasteiger partial charge on any atom is 0.230 e. The van der Waals surface area contributed by atoms with E-state index < -0.39 is 11.6 Å². The van der Waals surface area contributed by atoms with Crippen LogP contribution in [-0.2, 0) is 0 Å². The molecule has 1 aliphatic rings. The van der Waals surface area contributed by atoms with E-state index >= 15 is 0 Å². The highest BCUT2D eigenvalue weighted by atomic mass is 19.1. The lowest BCUT2D eigenvalue weighted by Crippen LogP contribution is -2.29. The Bertz CT molecular complexity index is 601. The summed E-state index contributed by atoms with van der Waals surface area (Å²) in [6, 6.07) is 3.77. The predicted octanol–water partition coefficient (Wildman–Crippen LogP) is 3.26. The fraction of sp³-hybridized carbons (Fsp3) is 0.467. The van der Waals surface area contributed by atoms with Gasteiger partial charge in [0.15, 0.2) is 0 Å². The average Bonchev–Trinajstić information content (AvgIpc) is 2.96.